The molecule has 12 heavy (non-hydrogen) atoms. The van der Waals surface area contributed by atoms with Crippen molar-refractivity contribution in [2.24, 2.45) is 0 Å². The summed E-state index contributed by atoms with van der Waals surface area (Å²) in [4.78, 5) is 4.02. The van der Waals surface area contributed by atoms with E-state index in [2.05, 4.69) is 29.5 Å². The van der Waals surface area contributed by atoms with Crippen LogP contribution in [0.4, 0.5) is 0 Å². The Morgan fingerprint density at radius 1 is 1.42 bits per heavy atom. The molecule has 0 aromatic carbocycles. The molecule has 1 heterocycles. The summed E-state index contributed by atoms with van der Waals surface area (Å²) in [6.45, 7) is 6.49. The number of aromatic nitrogens is 1. The lowest BCUT2D eigenvalue weighted by atomic mass is 10.2. The van der Waals surface area contributed by atoms with Crippen LogP contribution in [0.1, 0.15) is 11.1 Å². The van der Waals surface area contributed by atoms with E-state index in [9.17, 15) is 0 Å². The van der Waals surface area contributed by atoms with E-state index >= 15 is 0 Å². The number of hydrogen-bond acceptors (Lipinski definition) is 1. The highest BCUT2D eigenvalue weighted by atomic mass is 28.3. The van der Waals surface area contributed by atoms with E-state index in [0.717, 1.165) is 5.56 Å². The highest BCUT2D eigenvalue weighted by Crippen LogP contribution is 2.01. The van der Waals surface area contributed by atoms with Gasteiger partial charge in [0.1, 0.15) is 8.80 Å². The van der Waals surface area contributed by atoms with E-state index in [1.807, 2.05) is 19.2 Å². The molecule has 0 radical (unpaired) electrons. The lowest BCUT2D eigenvalue weighted by molar-refractivity contribution is 1.25. The van der Waals surface area contributed by atoms with Gasteiger partial charge in [-0.1, -0.05) is 19.0 Å². The van der Waals surface area contributed by atoms with Crippen LogP contribution in [0.2, 0.25) is 13.1 Å². The average Bonchev–Trinajstić information content (AvgIpc) is 2.03. The van der Waals surface area contributed by atoms with Gasteiger partial charge in [0.25, 0.3) is 0 Å². The zero-order valence-corrected chi connectivity index (χ0v) is 8.91. The zero-order chi connectivity index (χ0) is 8.97. The number of hydrogen-bond donors (Lipinski definition) is 0. The van der Waals surface area contributed by atoms with E-state index < -0.39 is 8.80 Å². The van der Waals surface area contributed by atoms with Gasteiger partial charge < -0.3 is 0 Å². The summed E-state index contributed by atoms with van der Waals surface area (Å²) in [6.07, 6.45) is 3.64. The molecule has 0 N–H and O–H groups in total. The molecule has 0 saturated heterocycles. The summed E-state index contributed by atoms with van der Waals surface area (Å²) in [5.41, 5.74) is 5.55. The maximum absolute atomic E-state index is 4.02. The Morgan fingerprint density at radius 2 is 2.17 bits per heavy atom. The molecule has 0 atom stereocenters. The van der Waals surface area contributed by atoms with Gasteiger partial charge in [-0.15, -0.1) is 5.54 Å². The molecular formula is C10H13NSi. The van der Waals surface area contributed by atoms with Crippen LogP contribution in [-0.2, 0) is 0 Å². The van der Waals surface area contributed by atoms with Gasteiger partial charge in [0.05, 0.1) is 0 Å². The second kappa shape index (κ2) is 4.08. The largest absolute Gasteiger partial charge is 0.264 e. The fourth-order valence-electron chi connectivity index (χ4n) is 0.836. The lowest BCUT2D eigenvalue weighted by Crippen LogP contribution is -1.94. The van der Waals surface area contributed by atoms with Crippen molar-refractivity contribution < 1.29 is 0 Å². The third-order valence-corrected chi connectivity index (χ3v) is 2.24. The Balaban J connectivity index is 2.92. The Bertz CT molecular complexity index is 320. The van der Waals surface area contributed by atoms with E-state index in [1.165, 1.54) is 5.56 Å². The molecular weight excluding hydrogens is 162 g/mol. The molecule has 1 aromatic heterocycles. The number of rotatable bonds is 0. The summed E-state index contributed by atoms with van der Waals surface area (Å²) < 4.78 is 0. The SMILES string of the molecule is Cc1cnccc1C#C[SiH](C)C. The minimum Gasteiger partial charge on any atom is -0.264 e. The van der Waals surface area contributed by atoms with Gasteiger partial charge in [-0.05, 0) is 18.6 Å². The third-order valence-electron chi connectivity index (χ3n) is 1.52. The van der Waals surface area contributed by atoms with Crippen LogP contribution in [0.25, 0.3) is 0 Å². The van der Waals surface area contributed by atoms with Gasteiger partial charge >= 0.3 is 0 Å². The number of nitrogens with zero attached hydrogens (tertiary/aromatic N) is 1. The van der Waals surface area contributed by atoms with Gasteiger partial charge in [0.15, 0.2) is 0 Å². The van der Waals surface area contributed by atoms with Crippen molar-refractivity contribution in [2.45, 2.75) is 20.0 Å². The van der Waals surface area contributed by atoms with Gasteiger partial charge in [-0.2, -0.15) is 0 Å². The fourth-order valence-corrected chi connectivity index (χ4v) is 1.28. The molecule has 0 bridgehead atoms. The van der Waals surface area contributed by atoms with Crippen LogP contribution in [0.15, 0.2) is 18.5 Å². The second-order valence-corrected chi connectivity index (χ2v) is 5.71. The number of pyridine rings is 1. The summed E-state index contributed by atoms with van der Waals surface area (Å²) in [6, 6.07) is 1.97. The fraction of sp³-hybridized carbons (Fsp3) is 0.300. The molecule has 0 unspecified atom stereocenters. The molecule has 0 spiro atoms. The summed E-state index contributed by atoms with van der Waals surface area (Å²) >= 11 is 0. The van der Waals surface area contributed by atoms with Crippen molar-refractivity contribution in [3.05, 3.63) is 29.6 Å². The van der Waals surface area contributed by atoms with Gasteiger partial charge in [-0.25, -0.2) is 0 Å². The molecule has 0 fully saturated rings. The van der Waals surface area contributed by atoms with Crippen LogP contribution >= 0.6 is 0 Å². The minimum atomic E-state index is -0.742. The van der Waals surface area contributed by atoms with Crippen LogP contribution < -0.4 is 0 Å². The van der Waals surface area contributed by atoms with Crippen molar-refractivity contribution in [3.63, 3.8) is 0 Å². The smallest absolute Gasteiger partial charge is 0.117 e. The highest BCUT2D eigenvalue weighted by Gasteiger charge is 1.91. The van der Waals surface area contributed by atoms with Gasteiger partial charge in [0, 0.05) is 18.0 Å². The first-order chi connectivity index (χ1) is 5.70. The zero-order valence-electron chi connectivity index (χ0n) is 7.76. The molecule has 0 aliphatic rings. The van der Waals surface area contributed by atoms with Crippen LogP contribution in [-0.4, -0.2) is 13.8 Å². The van der Waals surface area contributed by atoms with Crippen LogP contribution in [0.5, 0.6) is 0 Å². The monoisotopic (exact) mass is 175 g/mol. The Morgan fingerprint density at radius 3 is 2.75 bits per heavy atom. The van der Waals surface area contributed by atoms with Crippen molar-refractivity contribution in [1.82, 2.24) is 4.98 Å². The van der Waals surface area contributed by atoms with Crippen molar-refractivity contribution in [3.8, 4) is 11.5 Å². The first-order valence-corrected chi connectivity index (χ1v) is 7.01. The van der Waals surface area contributed by atoms with Gasteiger partial charge in [0.2, 0.25) is 0 Å². The summed E-state index contributed by atoms with van der Waals surface area (Å²) in [5, 5.41) is 0. The van der Waals surface area contributed by atoms with Crippen LogP contribution in [0.3, 0.4) is 0 Å². The molecule has 0 aliphatic carbocycles. The Hall–Kier alpha value is -1.07. The maximum Gasteiger partial charge on any atom is 0.117 e. The molecule has 62 valence electrons. The maximum atomic E-state index is 4.02. The standard InChI is InChI=1S/C10H13NSi/c1-9-8-11-6-4-10(9)5-7-12(2)3/h4,6,8,12H,1-3H3. The topological polar surface area (TPSA) is 12.9 Å². The van der Waals surface area contributed by atoms with Gasteiger partial charge in [-0.3, -0.25) is 4.98 Å². The first kappa shape index (κ1) is 9.02. The highest BCUT2D eigenvalue weighted by molar-refractivity contribution is 6.64. The normalized spacial score (nSPS) is 9.33. The van der Waals surface area contributed by atoms with Crippen molar-refractivity contribution in [1.29, 1.82) is 0 Å². The predicted molar refractivity (Wildman–Crippen MR) is 54.7 cm³/mol. The molecule has 0 amide bonds. The van der Waals surface area contributed by atoms with Crippen molar-refractivity contribution >= 4 is 8.80 Å². The van der Waals surface area contributed by atoms with E-state index in [-0.39, 0.29) is 0 Å². The molecule has 0 saturated carbocycles. The third kappa shape index (κ3) is 2.52. The minimum absolute atomic E-state index is 0.742. The Kier molecular flexibility index (Phi) is 3.07. The molecule has 0 aliphatic heterocycles. The molecule has 1 rings (SSSR count). The lowest BCUT2D eigenvalue weighted by Gasteiger charge is -1.94. The molecule has 1 aromatic rings. The molecule has 2 heteroatoms. The summed E-state index contributed by atoms with van der Waals surface area (Å²) in [5.74, 6) is 3.18. The quantitative estimate of drug-likeness (QED) is 0.432. The van der Waals surface area contributed by atoms with E-state index in [0.29, 0.717) is 0 Å². The van der Waals surface area contributed by atoms with Crippen LogP contribution in [0, 0.1) is 18.4 Å². The summed E-state index contributed by atoms with van der Waals surface area (Å²) in [7, 11) is -0.742. The second-order valence-electron chi connectivity index (χ2n) is 3.11. The van der Waals surface area contributed by atoms with E-state index in [1.54, 1.807) is 6.20 Å². The van der Waals surface area contributed by atoms with E-state index in [4.69, 9.17) is 0 Å². The number of aryl methyl sites for hydroxylation is 1. The molecule has 1 nitrogen and oxygen atoms in total. The van der Waals surface area contributed by atoms with Crippen molar-refractivity contribution in [2.75, 3.05) is 0 Å². The predicted octanol–water partition coefficient (Wildman–Crippen LogP) is 1.77. The first-order valence-electron chi connectivity index (χ1n) is 4.12. The average molecular weight is 175 g/mol. The Labute approximate surface area is 75.5 Å².